The van der Waals surface area contributed by atoms with E-state index < -0.39 is 5.41 Å². The van der Waals surface area contributed by atoms with Crippen molar-refractivity contribution in [2.45, 2.75) is 5.41 Å². The Kier molecular flexibility index (Phi) is 7.78. The minimum atomic E-state index is -0.559. The Morgan fingerprint density at radius 3 is 1.43 bits per heavy atom. The van der Waals surface area contributed by atoms with Gasteiger partial charge in [-0.25, -0.2) is 19.8 Å². The van der Waals surface area contributed by atoms with Crippen LogP contribution < -0.4 is 0 Å². The minimum Gasteiger partial charge on any atom is -0.238 e. The van der Waals surface area contributed by atoms with Gasteiger partial charge in [0, 0.05) is 16.7 Å². The van der Waals surface area contributed by atoms with Crippen molar-refractivity contribution in [2.75, 3.05) is 0 Å². The molecular weight excluding hydrogens is 741 g/mol. The highest BCUT2D eigenvalue weighted by Gasteiger charge is 2.50. The second kappa shape index (κ2) is 13.7. The summed E-state index contributed by atoms with van der Waals surface area (Å²) < 4.78 is 0. The van der Waals surface area contributed by atoms with Crippen LogP contribution in [0.2, 0.25) is 0 Å². The number of hydrogen-bond donors (Lipinski definition) is 0. The summed E-state index contributed by atoms with van der Waals surface area (Å²) in [7, 11) is 0. The Labute approximate surface area is 354 Å². The van der Waals surface area contributed by atoms with Crippen LogP contribution in [0.3, 0.4) is 0 Å². The highest BCUT2D eigenvalue weighted by atomic mass is 15.0. The number of hydrogen-bond acceptors (Lipinski definition) is 3. The van der Waals surface area contributed by atoms with Crippen LogP contribution in [0.5, 0.6) is 0 Å². The third-order valence-corrected chi connectivity index (χ3v) is 12.6. The lowest BCUT2D eigenvalue weighted by molar-refractivity contribution is 0.774. The predicted molar refractivity (Wildman–Crippen MR) is 247 cm³/mol. The van der Waals surface area contributed by atoms with Gasteiger partial charge in [0.15, 0.2) is 23.2 Å². The first-order valence-electron chi connectivity index (χ1n) is 20.6. The average Bonchev–Trinajstić information content (AvgIpc) is 3.64. The Morgan fingerprint density at radius 1 is 0.328 bits per heavy atom. The maximum atomic E-state index is 7.71. The second-order valence-electron chi connectivity index (χ2n) is 15.8. The number of nitrogens with zero attached hydrogens (tertiary/aromatic N) is 4. The van der Waals surface area contributed by atoms with Gasteiger partial charge in [-0.2, -0.15) is 0 Å². The van der Waals surface area contributed by atoms with E-state index in [1.807, 2.05) is 78.9 Å². The van der Waals surface area contributed by atoms with E-state index in [4.69, 9.17) is 21.5 Å². The molecule has 61 heavy (non-hydrogen) atoms. The van der Waals surface area contributed by atoms with E-state index in [-0.39, 0.29) is 0 Å². The molecule has 0 N–H and O–H groups in total. The molecule has 0 bridgehead atoms. The van der Waals surface area contributed by atoms with E-state index in [1.54, 1.807) is 0 Å². The van der Waals surface area contributed by atoms with Gasteiger partial charge in [0.05, 0.1) is 12.0 Å². The molecule has 1 aromatic heterocycles. The molecule has 0 radical (unpaired) electrons. The van der Waals surface area contributed by atoms with E-state index >= 15 is 0 Å². The van der Waals surface area contributed by atoms with Gasteiger partial charge in [0.25, 0.3) is 0 Å². The van der Waals surface area contributed by atoms with Crippen LogP contribution in [0.15, 0.2) is 206 Å². The third kappa shape index (κ3) is 5.28. The largest absolute Gasteiger partial charge is 0.238 e. The van der Waals surface area contributed by atoms with Gasteiger partial charge < -0.3 is 0 Å². The minimum absolute atomic E-state index is 0.559. The lowest BCUT2D eigenvalue weighted by Crippen LogP contribution is -2.32. The van der Waals surface area contributed by atoms with Crippen LogP contribution >= 0.6 is 0 Å². The Morgan fingerprint density at radius 2 is 0.787 bits per heavy atom. The van der Waals surface area contributed by atoms with Crippen molar-refractivity contribution >= 4 is 16.5 Å². The number of benzene rings is 9. The zero-order valence-corrected chi connectivity index (χ0v) is 32.9. The van der Waals surface area contributed by atoms with Crippen LogP contribution in [-0.4, -0.2) is 15.0 Å². The van der Waals surface area contributed by atoms with Gasteiger partial charge >= 0.3 is 0 Å². The molecule has 1 heterocycles. The molecule has 12 rings (SSSR count). The first-order valence-corrected chi connectivity index (χ1v) is 20.6. The predicted octanol–water partition coefficient (Wildman–Crippen LogP) is 14.3. The van der Waals surface area contributed by atoms with Crippen molar-refractivity contribution in [3.8, 4) is 78.7 Å². The summed E-state index contributed by atoms with van der Waals surface area (Å²) >= 11 is 0. The highest BCUT2D eigenvalue weighted by Crippen LogP contribution is 2.62. The fourth-order valence-corrected chi connectivity index (χ4v) is 9.92. The summed E-state index contributed by atoms with van der Waals surface area (Å²) in [6.07, 6.45) is 0. The third-order valence-electron chi connectivity index (χ3n) is 12.6. The van der Waals surface area contributed by atoms with Crippen molar-refractivity contribution in [1.29, 1.82) is 0 Å². The van der Waals surface area contributed by atoms with Gasteiger partial charge in [0.1, 0.15) is 0 Å². The van der Waals surface area contributed by atoms with E-state index in [9.17, 15) is 0 Å². The second-order valence-corrected chi connectivity index (χ2v) is 15.8. The normalized spacial score (nSPS) is 12.7. The lowest BCUT2D eigenvalue weighted by Gasteiger charge is -2.40. The monoisotopic (exact) mass is 774 g/mol. The van der Waals surface area contributed by atoms with E-state index in [2.05, 4.69) is 132 Å². The molecular formula is C57H34N4. The molecule has 282 valence electrons. The maximum Gasteiger partial charge on any atom is 0.187 e. The molecule has 9 aromatic carbocycles. The summed E-state index contributed by atoms with van der Waals surface area (Å²) in [4.78, 5) is 18.6. The van der Waals surface area contributed by atoms with Crippen molar-refractivity contribution in [1.82, 2.24) is 15.0 Å². The zero-order chi connectivity index (χ0) is 40.5. The molecule has 0 fully saturated rings. The Bertz CT molecular complexity index is 3320. The maximum absolute atomic E-state index is 7.71. The molecule has 0 saturated carbocycles. The van der Waals surface area contributed by atoms with E-state index in [0.29, 0.717) is 23.2 Å². The number of rotatable bonds is 5. The summed E-state index contributed by atoms with van der Waals surface area (Å²) in [5.74, 6) is 1.92. The molecule has 1 spiro atoms. The first kappa shape index (κ1) is 34.8. The van der Waals surface area contributed by atoms with E-state index in [0.717, 1.165) is 33.4 Å². The molecule has 10 aromatic rings. The van der Waals surface area contributed by atoms with Crippen LogP contribution in [-0.2, 0) is 5.41 Å². The van der Waals surface area contributed by atoms with Gasteiger partial charge in [-0.05, 0) is 89.7 Å². The summed E-state index contributed by atoms with van der Waals surface area (Å²) in [5, 5.41) is 2.48. The highest BCUT2D eigenvalue weighted by molar-refractivity contribution is 6.12. The van der Waals surface area contributed by atoms with Crippen LogP contribution in [0.4, 0.5) is 5.69 Å². The zero-order valence-electron chi connectivity index (χ0n) is 32.9. The molecule has 0 saturated heterocycles. The molecule has 4 heteroatoms. The molecule has 2 aliphatic rings. The molecule has 2 aliphatic carbocycles. The summed E-state index contributed by atoms with van der Waals surface area (Å²) in [6, 6.07) is 73.1. The fourth-order valence-electron chi connectivity index (χ4n) is 9.92. The first-order chi connectivity index (χ1) is 30.2. The number of fused-ring (bicyclic) bond motifs is 9. The van der Waals surface area contributed by atoms with Crippen molar-refractivity contribution in [3.63, 3.8) is 0 Å². The van der Waals surface area contributed by atoms with Crippen LogP contribution in [0.1, 0.15) is 22.3 Å². The molecule has 4 nitrogen and oxygen atoms in total. The average molecular weight is 775 g/mol. The molecule has 0 aliphatic heterocycles. The van der Waals surface area contributed by atoms with Crippen LogP contribution in [0.25, 0.3) is 94.3 Å². The number of aromatic nitrogens is 3. The van der Waals surface area contributed by atoms with Crippen LogP contribution in [0, 0.1) is 6.57 Å². The summed E-state index contributed by atoms with van der Waals surface area (Å²) in [6.45, 7) is 7.71. The van der Waals surface area contributed by atoms with Crippen molar-refractivity contribution in [3.05, 3.63) is 240 Å². The Hall–Kier alpha value is -8.26. The SMILES string of the molecule is [C-]#[N+]c1cccc(-c2ccc3c(c2)C2(c4ccccc4-c4ccccc42)c2cccc4c(-c5ccc(-c6nc(-c7ccccc7)nc(-c7ccccc7)n6)cc5)ccc-3c24)c1. The topological polar surface area (TPSA) is 43.0 Å². The molecule has 0 unspecified atom stereocenters. The van der Waals surface area contributed by atoms with Gasteiger partial charge in [0.2, 0.25) is 0 Å². The van der Waals surface area contributed by atoms with Gasteiger partial charge in [-0.3, -0.25) is 0 Å². The standard InChI is InChI=1S/C57H34N4/c1-58-42-19-12-18-40(34-42)41-30-31-46-48-33-32-43(36-26-28-39(29-27-36)56-60-54(37-14-4-2-5-15-37)59-55(61-56)38-16-6-3-7-17-38)47-22-13-25-51(53(47)48)57(52(46)35-41)49-23-10-8-20-44(49)45-21-9-11-24-50(45)57/h2-35H. The van der Waals surface area contributed by atoms with Crippen molar-refractivity contribution < 1.29 is 0 Å². The fraction of sp³-hybridized carbons (Fsp3) is 0.0175. The quantitative estimate of drug-likeness (QED) is 0.164. The Balaban J connectivity index is 1.05. The van der Waals surface area contributed by atoms with E-state index in [1.165, 1.54) is 60.8 Å². The molecule has 0 atom stereocenters. The molecule has 0 amide bonds. The lowest BCUT2D eigenvalue weighted by atomic mass is 9.61. The summed E-state index contributed by atoms with van der Waals surface area (Å²) in [5.41, 5.74) is 17.4. The smallest absolute Gasteiger partial charge is 0.187 e. The van der Waals surface area contributed by atoms with Crippen molar-refractivity contribution in [2.24, 2.45) is 0 Å². The van der Waals surface area contributed by atoms with Gasteiger partial charge in [-0.15, -0.1) is 0 Å². The van der Waals surface area contributed by atoms with Gasteiger partial charge in [-0.1, -0.05) is 194 Å².